The van der Waals surface area contributed by atoms with Crippen molar-refractivity contribution in [2.24, 2.45) is 0 Å². The van der Waals surface area contributed by atoms with Gasteiger partial charge in [0.1, 0.15) is 0 Å². The molecule has 0 nitrogen and oxygen atoms in total. The normalized spacial score (nSPS) is 16.8. The van der Waals surface area contributed by atoms with Crippen molar-refractivity contribution in [3.63, 3.8) is 0 Å². The summed E-state index contributed by atoms with van der Waals surface area (Å²) in [4.78, 5) is 0. The molecule has 0 saturated carbocycles. The maximum Gasteiger partial charge on any atom is 0.0707 e. The molecule has 0 amide bonds. The van der Waals surface area contributed by atoms with E-state index in [4.69, 9.17) is 6.58 Å². The summed E-state index contributed by atoms with van der Waals surface area (Å²) >= 11 is 1.88. The average molecular weight is 805 g/mol. The molecule has 3 aliphatic rings. The molecule has 6 aromatic carbocycles. The number of aryl methyl sites for hydroxylation is 4. The predicted molar refractivity (Wildman–Crippen MR) is 268 cm³/mol. The Balaban J connectivity index is 0.000000165. The zero-order chi connectivity index (χ0) is 42.6. The van der Waals surface area contributed by atoms with Crippen LogP contribution in [0.5, 0.6) is 0 Å². The first-order valence-electron chi connectivity index (χ1n) is 22.4. The van der Waals surface area contributed by atoms with Crippen molar-refractivity contribution in [3.8, 4) is 11.1 Å². The lowest BCUT2D eigenvalue weighted by molar-refractivity contribution is 0.718. The van der Waals surface area contributed by atoms with Crippen LogP contribution in [0.4, 0.5) is 0 Å². The van der Waals surface area contributed by atoms with E-state index in [1.165, 1.54) is 92.5 Å². The van der Waals surface area contributed by atoms with Crippen LogP contribution in [0.1, 0.15) is 106 Å². The summed E-state index contributed by atoms with van der Waals surface area (Å²) < 4.78 is 2.74. The summed E-state index contributed by atoms with van der Waals surface area (Å²) in [6.45, 7) is 21.5. The van der Waals surface area contributed by atoms with E-state index in [1.807, 2.05) is 57.2 Å². The smallest absolute Gasteiger partial charge is 0.0707 e. The van der Waals surface area contributed by atoms with Gasteiger partial charge in [0.15, 0.2) is 0 Å². The lowest BCUT2D eigenvalue weighted by Crippen LogP contribution is -2.32. The summed E-state index contributed by atoms with van der Waals surface area (Å²) in [5.41, 5.74) is 17.9. The fourth-order valence-electron chi connectivity index (χ4n) is 8.96. The Labute approximate surface area is 365 Å². The first-order valence-corrected chi connectivity index (χ1v) is 23.2. The molecule has 0 aliphatic heterocycles. The van der Waals surface area contributed by atoms with Crippen LogP contribution in [0.15, 0.2) is 181 Å². The van der Waals surface area contributed by atoms with E-state index < -0.39 is 0 Å². The summed E-state index contributed by atoms with van der Waals surface area (Å²) in [6.07, 6.45) is 13.9. The molecule has 0 bridgehead atoms. The van der Waals surface area contributed by atoms with Gasteiger partial charge in [0.2, 0.25) is 0 Å². The van der Waals surface area contributed by atoms with Crippen LogP contribution in [0.2, 0.25) is 0 Å². The molecule has 1 heterocycles. The highest BCUT2D eigenvalue weighted by molar-refractivity contribution is 7.25. The number of thiophene rings is 1. The summed E-state index contributed by atoms with van der Waals surface area (Å²) in [5, 5.41) is 2.73. The standard InChI is InChI=1S/C28H28.C20H16S.C7H8.2C2H6/c1-4-21-14-15-22-9-5-7-11-25(22)28(20(3)18-21)26-12-8-6-10-23(26)24-16-13-19(2)17-27(24)28;1-2-14-7-9-15(10-8-14)16-11-12-18-17-5-3-4-6-19(17)21-20(18)13-16;1-7-5-3-2-4-6-7;2*1-2/h5,7-9,11-13,16-18H,3-4,6,10,14-15H2,1-2H3;3-13H,2H2,1H3;2-6H,1H3;2*1-2H3/b21-18-;;;;. The number of fused-ring (bicyclic) bond motifs is 9. The third-order valence-corrected chi connectivity index (χ3v) is 13.1. The Hall–Kier alpha value is -5.50. The zero-order valence-corrected chi connectivity index (χ0v) is 38.2. The Morgan fingerprint density at radius 2 is 1.27 bits per heavy atom. The minimum absolute atomic E-state index is 0.245. The second-order valence-corrected chi connectivity index (χ2v) is 16.6. The highest BCUT2D eigenvalue weighted by atomic mass is 32.1. The second kappa shape index (κ2) is 20.7. The topological polar surface area (TPSA) is 0 Å². The van der Waals surface area contributed by atoms with Gasteiger partial charge in [0.05, 0.1) is 5.41 Å². The highest BCUT2D eigenvalue weighted by Gasteiger charge is 2.48. The molecule has 0 N–H and O–H groups in total. The molecule has 1 heteroatoms. The Morgan fingerprint density at radius 1 is 0.583 bits per heavy atom. The molecule has 1 atom stereocenters. The molecule has 3 aliphatic carbocycles. The van der Waals surface area contributed by atoms with Crippen LogP contribution in [0, 0.1) is 13.8 Å². The van der Waals surface area contributed by atoms with E-state index in [1.54, 1.807) is 0 Å². The summed E-state index contributed by atoms with van der Waals surface area (Å²) in [6, 6.07) is 50.8. The highest BCUT2D eigenvalue weighted by Crippen LogP contribution is 2.58. The summed E-state index contributed by atoms with van der Waals surface area (Å²) in [5.74, 6) is 0. The third-order valence-electron chi connectivity index (χ3n) is 11.9. The number of hydrogen-bond acceptors (Lipinski definition) is 1. The number of benzene rings is 6. The molecule has 1 unspecified atom stereocenters. The first kappa shape index (κ1) is 44.1. The van der Waals surface area contributed by atoms with Gasteiger partial charge in [0.25, 0.3) is 0 Å². The molecular formula is C59H64S. The minimum Gasteiger partial charge on any atom is -0.135 e. The van der Waals surface area contributed by atoms with E-state index in [-0.39, 0.29) is 5.41 Å². The lowest BCUT2D eigenvalue weighted by atomic mass is 9.63. The molecule has 1 aromatic heterocycles. The first-order chi connectivity index (χ1) is 29.4. The van der Waals surface area contributed by atoms with Crippen LogP contribution in [0.25, 0.3) is 36.9 Å². The molecule has 0 saturated heterocycles. The van der Waals surface area contributed by atoms with Crippen LogP contribution in [-0.4, -0.2) is 0 Å². The van der Waals surface area contributed by atoms with Gasteiger partial charge in [-0.1, -0.05) is 210 Å². The van der Waals surface area contributed by atoms with E-state index in [0.717, 1.165) is 38.5 Å². The molecule has 0 fully saturated rings. The van der Waals surface area contributed by atoms with Crippen molar-refractivity contribution in [1.82, 2.24) is 0 Å². The Kier molecular flexibility index (Phi) is 15.2. The molecular weight excluding hydrogens is 741 g/mol. The van der Waals surface area contributed by atoms with E-state index >= 15 is 0 Å². The minimum atomic E-state index is -0.245. The van der Waals surface area contributed by atoms with Gasteiger partial charge in [-0.25, -0.2) is 0 Å². The predicted octanol–water partition coefficient (Wildman–Crippen LogP) is 17.6. The SMILES string of the molecule is C=C1/C=C(/CC)CCc2ccccc2C12C1=C(CCC=C1)c1ccc(C)cc12.CC.CC.CCc1ccc(-c2ccc3c(c2)sc2ccccc23)cc1.Cc1ccccc1. The summed E-state index contributed by atoms with van der Waals surface area (Å²) in [7, 11) is 0. The van der Waals surface area contributed by atoms with Gasteiger partial charge in [-0.15, -0.1) is 11.3 Å². The van der Waals surface area contributed by atoms with Crippen LogP contribution < -0.4 is 0 Å². The van der Waals surface area contributed by atoms with Gasteiger partial charge >= 0.3 is 0 Å². The van der Waals surface area contributed by atoms with Gasteiger partial charge in [-0.3, -0.25) is 0 Å². The Morgan fingerprint density at radius 3 is 1.98 bits per heavy atom. The maximum atomic E-state index is 4.72. The Bertz CT molecular complexity index is 2620. The largest absolute Gasteiger partial charge is 0.135 e. The van der Waals surface area contributed by atoms with Crippen LogP contribution in [0.3, 0.4) is 0 Å². The number of allylic oxidation sites excluding steroid dienone is 7. The van der Waals surface area contributed by atoms with Crippen molar-refractivity contribution < 1.29 is 0 Å². The molecule has 7 aromatic rings. The molecule has 0 radical (unpaired) electrons. The quantitative estimate of drug-likeness (QED) is 0.167. The van der Waals surface area contributed by atoms with Crippen LogP contribution in [-0.2, 0) is 18.3 Å². The molecule has 306 valence electrons. The van der Waals surface area contributed by atoms with Gasteiger partial charge < -0.3 is 0 Å². The lowest BCUT2D eigenvalue weighted by Gasteiger charge is -2.38. The van der Waals surface area contributed by atoms with E-state index in [0.29, 0.717) is 0 Å². The van der Waals surface area contributed by atoms with Gasteiger partial charge in [-0.2, -0.15) is 0 Å². The fourth-order valence-corrected chi connectivity index (χ4v) is 10.1. The number of hydrogen-bond donors (Lipinski definition) is 0. The van der Waals surface area contributed by atoms with Crippen molar-refractivity contribution >= 4 is 37.1 Å². The van der Waals surface area contributed by atoms with Crippen molar-refractivity contribution in [2.75, 3.05) is 0 Å². The van der Waals surface area contributed by atoms with E-state index in [9.17, 15) is 0 Å². The van der Waals surface area contributed by atoms with Crippen molar-refractivity contribution in [2.45, 2.75) is 99.3 Å². The van der Waals surface area contributed by atoms with Gasteiger partial charge in [0, 0.05) is 20.2 Å². The molecule has 60 heavy (non-hydrogen) atoms. The van der Waals surface area contributed by atoms with Gasteiger partial charge in [-0.05, 0) is 120 Å². The monoisotopic (exact) mass is 804 g/mol. The third kappa shape index (κ3) is 8.98. The van der Waals surface area contributed by atoms with Crippen molar-refractivity contribution in [3.05, 3.63) is 220 Å². The van der Waals surface area contributed by atoms with Crippen molar-refractivity contribution in [1.29, 1.82) is 0 Å². The maximum absolute atomic E-state index is 4.72. The average Bonchev–Trinajstić information content (AvgIpc) is 3.82. The van der Waals surface area contributed by atoms with Crippen LogP contribution >= 0.6 is 11.3 Å². The molecule has 1 spiro atoms. The number of rotatable bonds is 3. The zero-order valence-electron chi connectivity index (χ0n) is 37.4. The van der Waals surface area contributed by atoms with E-state index in [2.05, 4.69) is 167 Å². The second-order valence-electron chi connectivity index (χ2n) is 15.5. The fraction of sp³-hybridized carbons (Fsp3) is 0.254. The molecule has 10 rings (SSSR count).